The third-order valence-electron chi connectivity index (χ3n) is 4.53. The summed E-state index contributed by atoms with van der Waals surface area (Å²) < 4.78 is 10.8. The van der Waals surface area contributed by atoms with E-state index in [1.807, 2.05) is 36.5 Å². The lowest BCUT2D eigenvalue weighted by molar-refractivity contribution is -0.116. The first-order valence-corrected chi connectivity index (χ1v) is 10.1. The van der Waals surface area contributed by atoms with E-state index in [0.717, 1.165) is 31.6 Å². The first-order chi connectivity index (χ1) is 13.2. The molecule has 5 nitrogen and oxygen atoms in total. The molecule has 0 bridgehead atoms. The van der Waals surface area contributed by atoms with Crippen molar-refractivity contribution in [2.45, 2.75) is 19.9 Å². The molecule has 2 heterocycles. The first kappa shape index (κ1) is 19.5. The highest BCUT2D eigenvalue weighted by Crippen LogP contribution is 2.28. The fourth-order valence-electron chi connectivity index (χ4n) is 3.13. The van der Waals surface area contributed by atoms with Gasteiger partial charge in [-0.25, -0.2) is 0 Å². The summed E-state index contributed by atoms with van der Waals surface area (Å²) >= 11 is 1.84. The summed E-state index contributed by atoms with van der Waals surface area (Å²) in [7, 11) is 1.61. The number of hydrogen-bond acceptors (Lipinski definition) is 5. The SMILES string of the molecule is CCOc1ccc(C=CC(=O)NCCN2CCc3sccc3C2)cc1OC. The predicted molar refractivity (Wildman–Crippen MR) is 110 cm³/mol. The van der Waals surface area contributed by atoms with E-state index in [0.29, 0.717) is 24.7 Å². The lowest BCUT2D eigenvalue weighted by Gasteiger charge is -2.26. The van der Waals surface area contributed by atoms with Gasteiger partial charge in [0, 0.05) is 37.1 Å². The van der Waals surface area contributed by atoms with Gasteiger partial charge in [-0.2, -0.15) is 0 Å². The topological polar surface area (TPSA) is 50.8 Å². The third kappa shape index (κ3) is 5.34. The highest BCUT2D eigenvalue weighted by Gasteiger charge is 2.16. The van der Waals surface area contributed by atoms with E-state index in [-0.39, 0.29) is 5.91 Å². The standard InChI is InChI=1S/C21H26N2O3S/c1-3-26-18-6-4-16(14-19(18)25-2)5-7-21(24)22-10-12-23-11-8-20-17(15-23)9-13-27-20/h4-7,9,13-14H,3,8,10-12,15H2,1-2H3,(H,22,24). The number of amides is 1. The molecule has 27 heavy (non-hydrogen) atoms. The summed E-state index contributed by atoms with van der Waals surface area (Å²) in [5.41, 5.74) is 2.33. The molecule has 0 aliphatic carbocycles. The van der Waals surface area contributed by atoms with Crippen LogP contribution in [0.15, 0.2) is 35.7 Å². The Kier molecular flexibility index (Phi) is 6.90. The largest absolute Gasteiger partial charge is 0.493 e. The number of benzene rings is 1. The van der Waals surface area contributed by atoms with Crippen molar-refractivity contribution in [1.82, 2.24) is 10.2 Å². The molecule has 0 saturated carbocycles. The smallest absolute Gasteiger partial charge is 0.244 e. The van der Waals surface area contributed by atoms with Crippen molar-refractivity contribution in [1.29, 1.82) is 0 Å². The van der Waals surface area contributed by atoms with Crippen molar-refractivity contribution in [3.8, 4) is 11.5 Å². The molecule has 1 N–H and O–H groups in total. The molecule has 1 aromatic carbocycles. The maximum atomic E-state index is 12.1. The second-order valence-corrected chi connectivity index (χ2v) is 7.36. The number of thiophene rings is 1. The van der Waals surface area contributed by atoms with E-state index < -0.39 is 0 Å². The van der Waals surface area contributed by atoms with Crippen LogP contribution in [0.4, 0.5) is 0 Å². The zero-order valence-electron chi connectivity index (χ0n) is 15.9. The maximum Gasteiger partial charge on any atom is 0.244 e. The van der Waals surface area contributed by atoms with Gasteiger partial charge in [0.1, 0.15) is 0 Å². The lowest BCUT2D eigenvalue weighted by Crippen LogP contribution is -2.37. The minimum absolute atomic E-state index is 0.0870. The van der Waals surface area contributed by atoms with Crippen LogP contribution in [-0.4, -0.2) is 44.2 Å². The normalized spacial score (nSPS) is 14.1. The number of ether oxygens (including phenoxy) is 2. The van der Waals surface area contributed by atoms with Crippen LogP contribution in [0.3, 0.4) is 0 Å². The molecule has 0 atom stereocenters. The van der Waals surface area contributed by atoms with Crippen LogP contribution in [0.5, 0.6) is 11.5 Å². The van der Waals surface area contributed by atoms with Crippen LogP contribution < -0.4 is 14.8 Å². The Morgan fingerprint density at radius 3 is 3.04 bits per heavy atom. The quantitative estimate of drug-likeness (QED) is 0.707. The van der Waals surface area contributed by atoms with Gasteiger partial charge < -0.3 is 14.8 Å². The predicted octanol–water partition coefficient (Wildman–Crippen LogP) is 3.34. The van der Waals surface area contributed by atoms with E-state index in [4.69, 9.17) is 9.47 Å². The van der Waals surface area contributed by atoms with E-state index >= 15 is 0 Å². The minimum Gasteiger partial charge on any atom is -0.493 e. The van der Waals surface area contributed by atoms with Crippen molar-refractivity contribution >= 4 is 23.3 Å². The Hall–Kier alpha value is -2.31. The molecular weight excluding hydrogens is 360 g/mol. The lowest BCUT2D eigenvalue weighted by atomic mass is 10.1. The number of hydrogen-bond donors (Lipinski definition) is 1. The van der Waals surface area contributed by atoms with E-state index in [2.05, 4.69) is 21.7 Å². The number of rotatable bonds is 8. The Bertz CT molecular complexity index is 800. The van der Waals surface area contributed by atoms with Gasteiger partial charge in [0.05, 0.1) is 13.7 Å². The number of methoxy groups -OCH3 is 1. The van der Waals surface area contributed by atoms with E-state index in [9.17, 15) is 4.79 Å². The summed E-state index contributed by atoms with van der Waals surface area (Å²) in [6, 6.07) is 7.83. The van der Waals surface area contributed by atoms with Crippen molar-refractivity contribution in [3.63, 3.8) is 0 Å². The molecule has 0 radical (unpaired) electrons. The number of carbonyl (C=O) groups excluding carboxylic acids is 1. The molecule has 144 valence electrons. The molecule has 1 aliphatic rings. The molecule has 0 fully saturated rings. The van der Waals surface area contributed by atoms with Gasteiger partial charge >= 0.3 is 0 Å². The Labute approximate surface area is 164 Å². The van der Waals surface area contributed by atoms with Crippen molar-refractivity contribution in [2.75, 3.05) is 33.4 Å². The summed E-state index contributed by atoms with van der Waals surface area (Å²) in [6.07, 6.45) is 4.45. The second kappa shape index (κ2) is 9.58. The van der Waals surface area contributed by atoms with E-state index in [1.54, 1.807) is 19.3 Å². The van der Waals surface area contributed by atoms with Crippen molar-refractivity contribution < 1.29 is 14.3 Å². The van der Waals surface area contributed by atoms with Gasteiger partial charge in [-0.05, 0) is 54.1 Å². The second-order valence-electron chi connectivity index (χ2n) is 6.36. The summed E-state index contributed by atoms with van der Waals surface area (Å²) in [5.74, 6) is 1.28. The molecule has 1 amide bonds. The molecule has 1 aromatic heterocycles. The number of nitrogens with zero attached hydrogens (tertiary/aromatic N) is 1. The zero-order chi connectivity index (χ0) is 19.1. The minimum atomic E-state index is -0.0870. The summed E-state index contributed by atoms with van der Waals surface area (Å²) in [6.45, 7) is 6.07. The Balaban J connectivity index is 1.45. The van der Waals surface area contributed by atoms with Gasteiger partial charge in [-0.15, -0.1) is 11.3 Å². The van der Waals surface area contributed by atoms with Gasteiger partial charge in [-0.3, -0.25) is 9.69 Å². The first-order valence-electron chi connectivity index (χ1n) is 9.24. The monoisotopic (exact) mass is 386 g/mol. The van der Waals surface area contributed by atoms with Crippen LogP contribution in [0, 0.1) is 0 Å². The average molecular weight is 387 g/mol. The Morgan fingerprint density at radius 1 is 1.33 bits per heavy atom. The number of nitrogens with one attached hydrogen (secondary N) is 1. The van der Waals surface area contributed by atoms with Crippen molar-refractivity contribution in [2.24, 2.45) is 0 Å². The summed E-state index contributed by atoms with van der Waals surface area (Å²) in [5, 5.41) is 5.12. The van der Waals surface area contributed by atoms with Gasteiger partial charge in [0.15, 0.2) is 11.5 Å². The third-order valence-corrected chi connectivity index (χ3v) is 5.55. The van der Waals surface area contributed by atoms with Crippen LogP contribution >= 0.6 is 11.3 Å². The average Bonchev–Trinajstić information content (AvgIpc) is 3.15. The van der Waals surface area contributed by atoms with Gasteiger partial charge in [0.2, 0.25) is 5.91 Å². The maximum absolute atomic E-state index is 12.1. The number of carbonyl (C=O) groups is 1. The fraction of sp³-hybridized carbons (Fsp3) is 0.381. The molecule has 0 spiro atoms. The molecule has 0 saturated heterocycles. The molecule has 1 aliphatic heterocycles. The van der Waals surface area contributed by atoms with Crippen LogP contribution in [0.25, 0.3) is 6.08 Å². The fourth-order valence-corrected chi connectivity index (χ4v) is 4.02. The molecule has 6 heteroatoms. The Morgan fingerprint density at radius 2 is 2.22 bits per heavy atom. The van der Waals surface area contributed by atoms with Crippen LogP contribution in [0.2, 0.25) is 0 Å². The van der Waals surface area contributed by atoms with Crippen LogP contribution in [0.1, 0.15) is 22.9 Å². The van der Waals surface area contributed by atoms with Crippen LogP contribution in [-0.2, 0) is 17.8 Å². The molecule has 3 rings (SSSR count). The van der Waals surface area contributed by atoms with Crippen molar-refractivity contribution in [3.05, 3.63) is 51.7 Å². The van der Waals surface area contributed by atoms with Gasteiger partial charge in [-0.1, -0.05) is 6.07 Å². The highest BCUT2D eigenvalue weighted by molar-refractivity contribution is 7.10. The molecule has 0 unspecified atom stereocenters. The molecular formula is C21H26N2O3S. The van der Waals surface area contributed by atoms with Gasteiger partial charge in [0.25, 0.3) is 0 Å². The highest BCUT2D eigenvalue weighted by atomic mass is 32.1. The molecule has 2 aromatic rings. The number of fused-ring (bicyclic) bond motifs is 1. The van der Waals surface area contributed by atoms with E-state index in [1.165, 1.54) is 10.4 Å². The summed E-state index contributed by atoms with van der Waals surface area (Å²) in [4.78, 5) is 16.0. The zero-order valence-corrected chi connectivity index (χ0v) is 16.7.